The summed E-state index contributed by atoms with van der Waals surface area (Å²) < 4.78 is 18.4. The maximum atomic E-state index is 13.0. The number of carbonyl (C=O) groups excluding carboxylic acids is 1. The molecule has 1 fully saturated rings. The highest BCUT2D eigenvalue weighted by molar-refractivity contribution is 5.85. The van der Waals surface area contributed by atoms with Crippen molar-refractivity contribution in [1.29, 1.82) is 0 Å². The highest BCUT2D eigenvalue weighted by Crippen LogP contribution is 2.31. The molecule has 3 N–H and O–H groups in total. The molecule has 1 aromatic carbocycles. The van der Waals surface area contributed by atoms with Crippen molar-refractivity contribution >= 4 is 18.3 Å². The molecule has 0 aliphatic heterocycles. The lowest BCUT2D eigenvalue weighted by Crippen LogP contribution is -2.53. The van der Waals surface area contributed by atoms with Gasteiger partial charge in [0.25, 0.3) is 0 Å². The Kier molecular flexibility index (Phi) is 6.78. The summed E-state index contributed by atoms with van der Waals surface area (Å²) in [5.74, 6) is 0.0382. The van der Waals surface area contributed by atoms with Crippen LogP contribution in [0.15, 0.2) is 34.9 Å². The number of nitrogens with two attached hydrogens (primary N) is 1. The van der Waals surface area contributed by atoms with Crippen LogP contribution in [0.25, 0.3) is 11.5 Å². The van der Waals surface area contributed by atoms with Gasteiger partial charge < -0.3 is 15.5 Å². The Balaban J connectivity index is 0.00000243. The number of hydrogen-bond acceptors (Lipinski definition) is 4. The molecule has 0 bridgehead atoms. The minimum Gasteiger partial charge on any atom is -0.444 e. The maximum absolute atomic E-state index is 13.0. The van der Waals surface area contributed by atoms with Crippen molar-refractivity contribution in [2.45, 2.75) is 44.6 Å². The second-order valence-electron chi connectivity index (χ2n) is 7.00. The number of benzene rings is 1. The van der Waals surface area contributed by atoms with Crippen LogP contribution in [0, 0.1) is 11.7 Å². The summed E-state index contributed by atoms with van der Waals surface area (Å²) in [5, 5.41) is 2.96. The summed E-state index contributed by atoms with van der Waals surface area (Å²) in [6, 6.07) is 5.98. The summed E-state index contributed by atoms with van der Waals surface area (Å²) in [7, 11) is 0. The van der Waals surface area contributed by atoms with Crippen LogP contribution < -0.4 is 11.1 Å². The molecule has 0 saturated heterocycles. The van der Waals surface area contributed by atoms with E-state index < -0.39 is 5.54 Å². The fraction of sp³-hybridized carbons (Fsp3) is 0.474. The molecule has 0 spiro atoms. The molecule has 1 aliphatic rings. The van der Waals surface area contributed by atoms with E-state index in [4.69, 9.17) is 10.2 Å². The standard InChI is InChI=1S/C19H24FN3O2.ClH/c1-19(21)10-3-2-4-16(19)17(24)22-11-9-15-12-25-18(23-15)13-5-7-14(20)8-6-13;/h5-8,12,16H,2-4,9-11,21H2,1H3,(H,22,24);1H. The lowest BCUT2D eigenvalue weighted by Gasteiger charge is -2.37. The third-order valence-corrected chi connectivity index (χ3v) is 4.89. The second kappa shape index (κ2) is 8.64. The van der Waals surface area contributed by atoms with Crippen LogP contribution >= 0.6 is 12.4 Å². The van der Waals surface area contributed by atoms with E-state index in [1.165, 1.54) is 12.1 Å². The van der Waals surface area contributed by atoms with Crippen LogP contribution in [0.2, 0.25) is 0 Å². The number of nitrogens with one attached hydrogen (secondary N) is 1. The van der Waals surface area contributed by atoms with Gasteiger partial charge in [0.2, 0.25) is 11.8 Å². The number of amides is 1. The first kappa shape index (κ1) is 20.4. The Bertz CT molecular complexity index is 731. The van der Waals surface area contributed by atoms with Crippen molar-refractivity contribution in [2.24, 2.45) is 11.7 Å². The zero-order valence-corrected chi connectivity index (χ0v) is 15.7. The molecule has 1 aromatic heterocycles. The molecule has 1 saturated carbocycles. The molecule has 1 heterocycles. The fourth-order valence-electron chi connectivity index (χ4n) is 3.37. The number of aromatic nitrogens is 1. The molecule has 2 aromatic rings. The summed E-state index contributed by atoms with van der Waals surface area (Å²) in [5.41, 5.74) is 7.31. The lowest BCUT2D eigenvalue weighted by atomic mass is 9.74. The first-order chi connectivity index (χ1) is 12.0. The van der Waals surface area contributed by atoms with E-state index in [0.717, 1.165) is 36.9 Å². The largest absolute Gasteiger partial charge is 0.444 e. The van der Waals surface area contributed by atoms with Gasteiger partial charge in [-0.2, -0.15) is 0 Å². The Labute approximate surface area is 159 Å². The Morgan fingerprint density at radius 3 is 2.81 bits per heavy atom. The van der Waals surface area contributed by atoms with Gasteiger partial charge in [-0.3, -0.25) is 4.79 Å². The number of carbonyl (C=O) groups is 1. The first-order valence-electron chi connectivity index (χ1n) is 8.73. The minimum absolute atomic E-state index is 0. The average Bonchev–Trinajstić information content (AvgIpc) is 3.04. The molecule has 2 unspecified atom stereocenters. The van der Waals surface area contributed by atoms with Gasteiger partial charge in [0.15, 0.2) is 0 Å². The van der Waals surface area contributed by atoms with Gasteiger partial charge in [-0.05, 0) is 44.0 Å². The molecule has 3 rings (SSSR count). The normalized spacial score (nSPS) is 22.5. The fourth-order valence-corrected chi connectivity index (χ4v) is 3.37. The maximum Gasteiger partial charge on any atom is 0.226 e. The number of rotatable bonds is 5. The van der Waals surface area contributed by atoms with E-state index in [1.54, 1.807) is 18.4 Å². The van der Waals surface area contributed by atoms with Crippen molar-refractivity contribution < 1.29 is 13.6 Å². The van der Waals surface area contributed by atoms with E-state index >= 15 is 0 Å². The zero-order chi connectivity index (χ0) is 17.9. The molecule has 142 valence electrons. The Morgan fingerprint density at radius 2 is 2.12 bits per heavy atom. The third kappa shape index (κ3) is 4.83. The van der Waals surface area contributed by atoms with Crippen molar-refractivity contribution in [2.75, 3.05) is 6.54 Å². The third-order valence-electron chi connectivity index (χ3n) is 4.89. The lowest BCUT2D eigenvalue weighted by molar-refractivity contribution is -0.128. The van der Waals surface area contributed by atoms with Crippen LogP contribution in [0.3, 0.4) is 0 Å². The summed E-state index contributed by atoms with van der Waals surface area (Å²) >= 11 is 0. The van der Waals surface area contributed by atoms with E-state index in [1.807, 2.05) is 6.92 Å². The molecule has 2 atom stereocenters. The summed E-state index contributed by atoms with van der Waals surface area (Å²) in [6.07, 6.45) is 6.01. The molecule has 5 nitrogen and oxygen atoms in total. The monoisotopic (exact) mass is 381 g/mol. The highest BCUT2D eigenvalue weighted by atomic mass is 35.5. The Morgan fingerprint density at radius 1 is 1.38 bits per heavy atom. The summed E-state index contributed by atoms with van der Waals surface area (Å²) in [4.78, 5) is 16.8. The topological polar surface area (TPSA) is 81.2 Å². The SMILES string of the molecule is CC1(N)CCCCC1C(=O)NCCc1coc(-c2ccc(F)cc2)n1.Cl. The van der Waals surface area contributed by atoms with Gasteiger partial charge in [-0.25, -0.2) is 9.37 Å². The molecule has 1 aliphatic carbocycles. The molecule has 0 radical (unpaired) electrons. The first-order valence-corrected chi connectivity index (χ1v) is 8.73. The quantitative estimate of drug-likeness (QED) is 0.830. The number of oxazole rings is 1. The van der Waals surface area contributed by atoms with Gasteiger partial charge in [0.05, 0.1) is 11.6 Å². The van der Waals surface area contributed by atoms with E-state index in [0.29, 0.717) is 18.9 Å². The van der Waals surface area contributed by atoms with Gasteiger partial charge >= 0.3 is 0 Å². The van der Waals surface area contributed by atoms with Crippen molar-refractivity contribution in [3.8, 4) is 11.5 Å². The number of nitrogens with zero attached hydrogens (tertiary/aromatic N) is 1. The predicted molar refractivity (Wildman–Crippen MR) is 100 cm³/mol. The van der Waals surface area contributed by atoms with Crippen LogP contribution in [-0.2, 0) is 11.2 Å². The molecular formula is C19H25ClFN3O2. The van der Waals surface area contributed by atoms with Crippen LogP contribution in [-0.4, -0.2) is 23.0 Å². The van der Waals surface area contributed by atoms with Crippen LogP contribution in [0.4, 0.5) is 4.39 Å². The average molecular weight is 382 g/mol. The zero-order valence-electron chi connectivity index (χ0n) is 14.8. The van der Waals surface area contributed by atoms with E-state index in [-0.39, 0.29) is 30.0 Å². The molecule has 26 heavy (non-hydrogen) atoms. The van der Waals surface area contributed by atoms with Crippen LogP contribution in [0.5, 0.6) is 0 Å². The second-order valence-corrected chi connectivity index (χ2v) is 7.00. The van der Waals surface area contributed by atoms with Crippen molar-refractivity contribution in [3.05, 3.63) is 42.0 Å². The summed E-state index contributed by atoms with van der Waals surface area (Å²) in [6.45, 7) is 2.45. The van der Waals surface area contributed by atoms with Gasteiger partial charge in [0, 0.05) is 24.1 Å². The molecular weight excluding hydrogens is 357 g/mol. The minimum atomic E-state index is -0.425. The van der Waals surface area contributed by atoms with Gasteiger partial charge in [-0.15, -0.1) is 12.4 Å². The number of halogens is 2. The van der Waals surface area contributed by atoms with E-state index in [9.17, 15) is 9.18 Å². The predicted octanol–water partition coefficient (Wildman–Crippen LogP) is 3.47. The Hall–Kier alpha value is -1.92. The highest BCUT2D eigenvalue weighted by Gasteiger charge is 2.37. The molecule has 7 heteroatoms. The van der Waals surface area contributed by atoms with Crippen molar-refractivity contribution in [1.82, 2.24) is 10.3 Å². The van der Waals surface area contributed by atoms with Crippen LogP contribution in [0.1, 0.15) is 38.3 Å². The number of hydrogen-bond donors (Lipinski definition) is 2. The van der Waals surface area contributed by atoms with Gasteiger partial charge in [0.1, 0.15) is 12.1 Å². The molecule has 1 amide bonds. The van der Waals surface area contributed by atoms with Gasteiger partial charge in [-0.1, -0.05) is 12.8 Å². The van der Waals surface area contributed by atoms with E-state index in [2.05, 4.69) is 10.3 Å². The smallest absolute Gasteiger partial charge is 0.226 e. The van der Waals surface area contributed by atoms with Crippen molar-refractivity contribution in [3.63, 3.8) is 0 Å².